The van der Waals surface area contributed by atoms with Crippen LogP contribution in [0.1, 0.15) is 24.5 Å². The van der Waals surface area contributed by atoms with Crippen molar-refractivity contribution in [3.63, 3.8) is 0 Å². The number of benzene rings is 1. The smallest absolute Gasteiger partial charge is 0.328 e. The number of hydrogen-bond acceptors (Lipinski definition) is 4. The first-order valence-electron chi connectivity index (χ1n) is 7.17. The summed E-state index contributed by atoms with van der Waals surface area (Å²) >= 11 is 0. The monoisotopic (exact) mass is 307 g/mol. The number of aliphatic hydroxyl groups is 1. The fourth-order valence-electron chi connectivity index (χ4n) is 2.28. The molecular formula is C16H21NO5. The summed E-state index contributed by atoms with van der Waals surface area (Å²) in [5.41, 5.74) is 1.05. The highest BCUT2D eigenvalue weighted by atomic mass is 16.4. The van der Waals surface area contributed by atoms with Gasteiger partial charge < -0.3 is 25.0 Å². The number of carbonyl (C=O) groups is 2. The van der Waals surface area contributed by atoms with Crippen molar-refractivity contribution in [2.75, 3.05) is 19.6 Å². The molecule has 1 aliphatic heterocycles. The van der Waals surface area contributed by atoms with Crippen LogP contribution >= 0.6 is 0 Å². The number of carbonyl (C=O) groups excluding carboxylic acids is 1. The van der Waals surface area contributed by atoms with Crippen LogP contribution in [0.25, 0.3) is 0 Å². The SMILES string of the molecule is O=C([O-])/C=C/C(=O)O.OC(C[NH+]1CCCC1)c1ccccc1. The zero-order valence-electron chi connectivity index (χ0n) is 12.3. The maximum atomic E-state index is 9.96. The summed E-state index contributed by atoms with van der Waals surface area (Å²) < 4.78 is 0. The lowest BCUT2D eigenvalue weighted by atomic mass is 10.1. The van der Waals surface area contributed by atoms with E-state index in [1.54, 1.807) is 4.90 Å². The summed E-state index contributed by atoms with van der Waals surface area (Å²) in [6.07, 6.45) is 3.29. The van der Waals surface area contributed by atoms with Gasteiger partial charge in [0, 0.05) is 18.9 Å². The minimum Gasteiger partial charge on any atom is -0.545 e. The zero-order chi connectivity index (χ0) is 16.4. The lowest BCUT2D eigenvalue weighted by Crippen LogP contribution is -3.10. The van der Waals surface area contributed by atoms with Crippen molar-refractivity contribution in [1.82, 2.24) is 0 Å². The number of likely N-dealkylation sites (tertiary alicyclic amines) is 1. The van der Waals surface area contributed by atoms with E-state index in [0.717, 1.165) is 12.1 Å². The Morgan fingerprint density at radius 3 is 2.23 bits per heavy atom. The Kier molecular flexibility index (Phi) is 7.88. The van der Waals surface area contributed by atoms with E-state index in [1.165, 1.54) is 25.9 Å². The Labute approximate surface area is 129 Å². The largest absolute Gasteiger partial charge is 0.545 e. The predicted octanol–water partition coefficient (Wildman–Crippen LogP) is -1.22. The van der Waals surface area contributed by atoms with Gasteiger partial charge in [-0.05, 0) is 11.6 Å². The van der Waals surface area contributed by atoms with Crippen LogP contribution in [0, 0.1) is 0 Å². The maximum absolute atomic E-state index is 9.96. The van der Waals surface area contributed by atoms with E-state index in [9.17, 15) is 19.8 Å². The lowest BCUT2D eigenvalue weighted by molar-refractivity contribution is -0.891. The van der Waals surface area contributed by atoms with Crippen molar-refractivity contribution in [2.45, 2.75) is 18.9 Å². The number of aliphatic hydroxyl groups excluding tert-OH is 1. The van der Waals surface area contributed by atoms with Crippen molar-refractivity contribution in [1.29, 1.82) is 0 Å². The quantitative estimate of drug-likeness (QED) is 0.592. The Morgan fingerprint density at radius 1 is 1.18 bits per heavy atom. The molecule has 0 bridgehead atoms. The van der Waals surface area contributed by atoms with Gasteiger partial charge in [-0.15, -0.1) is 0 Å². The summed E-state index contributed by atoms with van der Waals surface area (Å²) in [7, 11) is 0. The van der Waals surface area contributed by atoms with Crippen molar-refractivity contribution < 1.29 is 29.8 Å². The highest BCUT2D eigenvalue weighted by Crippen LogP contribution is 2.09. The van der Waals surface area contributed by atoms with Crippen LogP contribution in [-0.4, -0.2) is 41.8 Å². The molecule has 2 rings (SSSR count). The standard InChI is InChI=1S/C12H17NO.C4H4O4/c14-12(10-13-8-4-5-9-13)11-6-2-1-3-7-11;5-3(6)1-2-4(7)8/h1-3,6-7,12,14H,4-5,8-10H2;1-2H,(H,5,6)(H,7,8)/b;2-1+. The Balaban J connectivity index is 0.000000261. The number of quaternary nitrogens is 1. The van der Waals surface area contributed by atoms with Crippen molar-refractivity contribution in [2.24, 2.45) is 0 Å². The molecule has 6 heteroatoms. The predicted molar refractivity (Wildman–Crippen MR) is 78.0 cm³/mol. The van der Waals surface area contributed by atoms with Crippen LogP contribution in [0.2, 0.25) is 0 Å². The average molecular weight is 307 g/mol. The lowest BCUT2D eigenvalue weighted by Gasteiger charge is -2.16. The number of hydrogen-bond donors (Lipinski definition) is 3. The van der Waals surface area contributed by atoms with Crippen LogP contribution in [0.4, 0.5) is 0 Å². The van der Waals surface area contributed by atoms with Crippen LogP contribution in [0.15, 0.2) is 42.5 Å². The van der Waals surface area contributed by atoms with E-state index in [1.807, 2.05) is 30.3 Å². The summed E-state index contributed by atoms with van der Waals surface area (Å²) in [4.78, 5) is 20.5. The molecule has 1 fully saturated rings. The van der Waals surface area contributed by atoms with E-state index >= 15 is 0 Å². The molecule has 1 heterocycles. The van der Waals surface area contributed by atoms with Gasteiger partial charge in [0.15, 0.2) is 0 Å². The van der Waals surface area contributed by atoms with Crippen molar-refractivity contribution in [3.05, 3.63) is 48.0 Å². The van der Waals surface area contributed by atoms with Gasteiger partial charge in [0.25, 0.3) is 0 Å². The van der Waals surface area contributed by atoms with Gasteiger partial charge in [-0.25, -0.2) is 4.79 Å². The highest BCUT2D eigenvalue weighted by molar-refractivity contribution is 5.88. The topological polar surface area (TPSA) is 102 Å². The molecule has 6 nitrogen and oxygen atoms in total. The first-order valence-corrected chi connectivity index (χ1v) is 7.17. The van der Waals surface area contributed by atoms with E-state index in [0.29, 0.717) is 12.2 Å². The van der Waals surface area contributed by atoms with E-state index in [4.69, 9.17) is 5.11 Å². The molecule has 0 aromatic heterocycles. The molecule has 120 valence electrons. The van der Waals surface area contributed by atoms with E-state index in [-0.39, 0.29) is 6.10 Å². The second-order valence-electron chi connectivity index (χ2n) is 5.08. The van der Waals surface area contributed by atoms with Crippen LogP contribution < -0.4 is 10.0 Å². The molecular weight excluding hydrogens is 286 g/mol. The minimum atomic E-state index is -1.51. The second-order valence-corrected chi connectivity index (χ2v) is 5.08. The highest BCUT2D eigenvalue weighted by Gasteiger charge is 2.19. The van der Waals surface area contributed by atoms with Gasteiger partial charge in [0.05, 0.1) is 19.1 Å². The Hall–Kier alpha value is -2.18. The summed E-state index contributed by atoms with van der Waals surface area (Å²) in [5, 5.41) is 27.2. The van der Waals surface area contributed by atoms with Crippen molar-refractivity contribution in [3.8, 4) is 0 Å². The molecule has 0 saturated carbocycles. The molecule has 22 heavy (non-hydrogen) atoms. The van der Waals surface area contributed by atoms with Crippen molar-refractivity contribution >= 4 is 11.9 Å². The molecule has 0 amide bonds. The van der Waals surface area contributed by atoms with Gasteiger partial charge in [-0.1, -0.05) is 30.3 Å². The number of carboxylic acid groups (broad SMARTS) is 2. The average Bonchev–Trinajstić information content (AvgIpc) is 2.99. The number of aliphatic carboxylic acids is 2. The molecule has 3 N–H and O–H groups in total. The van der Waals surface area contributed by atoms with Crippen LogP contribution in [0.3, 0.4) is 0 Å². The molecule has 1 unspecified atom stereocenters. The third-order valence-electron chi connectivity index (χ3n) is 3.34. The second kappa shape index (κ2) is 9.70. The molecule has 1 atom stereocenters. The van der Waals surface area contributed by atoms with Gasteiger partial charge in [-0.3, -0.25) is 0 Å². The zero-order valence-corrected chi connectivity index (χ0v) is 12.3. The van der Waals surface area contributed by atoms with E-state index in [2.05, 4.69) is 0 Å². The molecule has 0 aliphatic carbocycles. The molecule has 1 aliphatic rings. The van der Waals surface area contributed by atoms with Gasteiger partial charge in [-0.2, -0.15) is 0 Å². The first-order chi connectivity index (χ1) is 10.5. The fraction of sp³-hybridized carbons (Fsp3) is 0.375. The maximum Gasteiger partial charge on any atom is 0.328 e. The van der Waals surface area contributed by atoms with Gasteiger partial charge in [0.1, 0.15) is 12.6 Å². The number of rotatable bonds is 5. The van der Waals surface area contributed by atoms with Gasteiger partial charge in [0.2, 0.25) is 0 Å². The summed E-state index contributed by atoms with van der Waals surface area (Å²) in [5.74, 6) is -2.80. The number of nitrogens with one attached hydrogen (secondary N) is 1. The number of carboxylic acids is 2. The Bertz CT molecular complexity index is 479. The minimum absolute atomic E-state index is 0.288. The summed E-state index contributed by atoms with van der Waals surface area (Å²) in [6, 6.07) is 9.95. The third-order valence-corrected chi connectivity index (χ3v) is 3.34. The Morgan fingerprint density at radius 2 is 1.77 bits per heavy atom. The normalized spacial score (nSPS) is 16.0. The third kappa shape index (κ3) is 7.56. The molecule has 0 radical (unpaired) electrons. The fourth-order valence-corrected chi connectivity index (χ4v) is 2.28. The van der Waals surface area contributed by atoms with E-state index < -0.39 is 11.9 Å². The first kappa shape index (κ1) is 17.9. The van der Waals surface area contributed by atoms with Gasteiger partial charge >= 0.3 is 5.97 Å². The van der Waals surface area contributed by atoms with Crippen LogP contribution in [-0.2, 0) is 9.59 Å². The summed E-state index contributed by atoms with van der Waals surface area (Å²) in [6.45, 7) is 3.32. The molecule has 1 saturated heterocycles. The molecule has 1 aromatic rings. The molecule has 1 aromatic carbocycles. The molecule has 0 spiro atoms. The van der Waals surface area contributed by atoms with Crippen LogP contribution in [0.5, 0.6) is 0 Å².